The van der Waals surface area contributed by atoms with E-state index in [4.69, 9.17) is 0 Å². The largest absolute Gasteiger partial charge is 0.344 e. The monoisotopic (exact) mass is 333 g/mol. The summed E-state index contributed by atoms with van der Waals surface area (Å²) >= 11 is 1.49. The Bertz CT molecular complexity index is 955. The van der Waals surface area contributed by atoms with E-state index in [1.807, 2.05) is 66.7 Å². The summed E-state index contributed by atoms with van der Waals surface area (Å²) in [5, 5.41) is 2.92. The van der Waals surface area contributed by atoms with Crippen molar-refractivity contribution in [1.82, 2.24) is 15.3 Å². The van der Waals surface area contributed by atoms with Crippen LogP contribution in [0.4, 0.5) is 0 Å². The van der Waals surface area contributed by atoms with Crippen molar-refractivity contribution in [3.8, 4) is 10.4 Å². The third kappa shape index (κ3) is 2.94. The zero-order valence-electron chi connectivity index (χ0n) is 12.8. The van der Waals surface area contributed by atoms with Gasteiger partial charge in [0.15, 0.2) is 0 Å². The predicted molar refractivity (Wildman–Crippen MR) is 97.0 cm³/mol. The highest BCUT2D eigenvalue weighted by atomic mass is 32.1. The lowest BCUT2D eigenvalue weighted by Crippen LogP contribution is -2.22. The molecule has 0 saturated carbocycles. The summed E-state index contributed by atoms with van der Waals surface area (Å²) < 4.78 is 0. The molecule has 0 unspecified atom stereocenters. The molecule has 1 amide bonds. The van der Waals surface area contributed by atoms with Crippen molar-refractivity contribution in [3.63, 3.8) is 0 Å². The molecule has 0 aliphatic carbocycles. The Morgan fingerprint density at radius 3 is 2.62 bits per heavy atom. The zero-order chi connectivity index (χ0) is 16.4. The first-order valence-corrected chi connectivity index (χ1v) is 8.48. The molecular formula is C19H15N3OS. The Morgan fingerprint density at radius 2 is 1.79 bits per heavy atom. The summed E-state index contributed by atoms with van der Waals surface area (Å²) in [7, 11) is 0. The van der Waals surface area contributed by atoms with Crippen LogP contribution < -0.4 is 5.32 Å². The molecule has 0 bridgehead atoms. The van der Waals surface area contributed by atoms with Crippen molar-refractivity contribution in [2.75, 3.05) is 0 Å². The maximum atomic E-state index is 12.3. The zero-order valence-corrected chi connectivity index (χ0v) is 13.6. The fourth-order valence-corrected chi connectivity index (χ4v) is 3.49. The molecule has 2 heterocycles. The highest BCUT2D eigenvalue weighted by molar-refractivity contribution is 7.17. The van der Waals surface area contributed by atoms with Crippen molar-refractivity contribution in [2.45, 2.75) is 6.54 Å². The number of carbonyl (C=O) groups is 1. The first-order chi connectivity index (χ1) is 11.8. The topological polar surface area (TPSA) is 57.8 Å². The van der Waals surface area contributed by atoms with Crippen LogP contribution in [0.5, 0.6) is 0 Å². The van der Waals surface area contributed by atoms with Crippen molar-refractivity contribution >= 4 is 28.3 Å². The van der Waals surface area contributed by atoms with E-state index in [-0.39, 0.29) is 5.91 Å². The van der Waals surface area contributed by atoms with Gasteiger partial charge in [-0.3, -0.25) is 4.79 Å². The summed E-state index contributed by atoms with van der Waals surface area (Å²) in [4.78, 5) is 21.8. The molecule has 5 heteroatoms. The van der Waals surface area contributed by atoms with E-state index in [1.165, 1.54) is 11.3 Å². The molecule has 0 saturated heterocycles. The highest BCUT2D eigenvalue weighted by Crippen LogP contribution is 2.27. The minimum absolute atomic E-state index is 0.0809. The molecule has 0 atom stereocenters. The molecule has 0 spiro atoms. The number of rotatable bonds is 4. The number of para-hydroxylation sites is 2. The third-order valence-electron chi connectivity index (χ3n) is 3.74. The second-order valence-electron chi connectivity index (χ2n) is 5.41. The van der Waals surface area contributed by atoms with Crippen LogP contribution in [0.1, 0.15) is 15.5 Å². The number of amides is 1. The van der Waals surface area contributed by atoms with Crippen molar-refractivity contribution < 1.29 is 4.79 Å². The smallest absolute Gasteiger partial charge is 0.261 e. The van der Waals surface area contributed by atoms with Crippen molar-refractivity contribution in [3.05, 3.63) is 77.4 Å². The second kappa shape index (κ2) is 6.29. The predicted octanol–water partition coefficient (Wildman–Crippen LogP) is 4.22. The fraction of sp³-hybridized carbons (Fsp3) is 0.0526. The molecule has 4 rings (SSSR count). The van der Waals surface area contributed by atoms with Gasteiger partial charge in [0.25, 0.3) is 5.91 Å². The molecule has 0 fully saturated rings. The Kier molecular flexibility index (Phi) is 3.84. The number of nitrogens with one attached hydrogen (secondary N) is 2. The van der Waals surface area contributed by atoms with E-state index < -0.39 is 0 Å². The SMILES string of the molecule is O=C(NCc1nc2ccccc2[nH]1)c1ccc(-c2ccccc2)s1. The first-order valence-electron chi connectivity index (χ1n) is 7.67. The van der Waals surface area contributed by atoms with Crippen LogP contribution in [0.3, 0.4) is 0 Å². The minimum Gasteiger partial charge on any atom is -0.344 e. The number of aromatic nitrogens is 2. The van der Waals surface area contributed by atoms with Crippen LogP contribution in [0.15, 0.2) is 66.7 Å². The van der Waals surface area contributed by atoms with Gasteiger partial charge >= 0.3 is 0 Å². The van der Waals surface area contributed by atoms with Crippen LogP contribution in [0.2, 0.25) is 0 Å². The summed E-state index contributed by atoms with van der Waals surface area (Å²) in [6, 6.07) is 21.7. The van der Waals surface area contributed by atoms with Crippen LogP contribution in [-0.2, 0) is 6.54 Å². The number of hydrogen-bond acceptors (Lipinski definition) is 3. The molecule has 4 nitrogen and oxygen atoms in total. The molecule has 24 heavy (non-hydrogen) atoms. The van der Waals surface area contributed by atoms with Crippen molar-refractivity contribution in [1.29, 1.82) is 0 Å². The highest BCUT2D eigenvalue weighted by Gasteiger charge is 2.11. The van der Waals surface area contributed by atoms with Gasteiger partial charge in [0.1, 0.15) is 5.82 Å². The Morgan fingerprint density at radius 1 is 1.00 bits per heavy atom. The number of imidazole rings is 1. The van der Waals surface area contributed by atoms with Gasteiger partial charge in [0, 0.05) is 4.88 Å². The molecular weight excluding hydrogens is 318 g/mol. The molecule has 2 N–H and O–H groups in total. The molecule has 4 aromatic rings. The summed E-state index contributed by atoms with van der Waals surface area (Å²) in [6.07, 6.45) is 0. The number of fused-ring (bicyclic) bond motifs is 1. The minimum atomic E-state index is -0.0809. The maximum Gasteiger partial charge on any atom is 0.261 e. The molecule has 0 aliphatic heterocycles. The fourth-order valence-electron chi connectivity index (χ4n) is 2.56. The second-order valence-corrected chi connectivity index (χ2v) is 6.50. The van der Waals surface area contributed by atoms with Crippen LogP contribution >= 0.6 is 11.3 Å². The van der Waals surface area contributed by atoms with Gasteiger partial charge in [-0.1, -0.05) is 42.5 Å². The average Bonchev–Trinajstić information content (AvgIpc) is 3.27. The Hall–Kier alpha value is -2.92. The number of H-pyrrole nitrogens is 1. The van der Waals surface area contributed by atoms with Gasteiger partial charge in [0.05, 0.1) is 22.5 Å². The summed E-state index contributed by atoms with van der Waals surface area (Å²) in [6.45, 7) is 0.381. The van der Waals surface area contributed by atoms with E-state index in [0.717, 1.165) is 27.3 Å². The van der Waals surface area contributed by atoms with Gasteiger partial charge < -0.3 is 10.3 Å². The standard InChI is InChI=1S/C19H15N3OS/c23-19(17-11-10-16(24-17)13-6-2-1-3-7-13)20-12-18-21-14-8-4-5-9-15(14)22-18/h1-11H,12H2,(H,20,23)(H,21,22). The van der Waals surface area contributed by atoms with Crippen LogP contribution in [0, 0.1) is 0 Å². The van der Waals surface area contributed by atoms with E-state index in [9.17, 15) is 4.79 Å². The number of nitrogens with zero attached hydrogens (tertiary/aromatic N) is 1. The lowest BCUT2D eigenvalue weighted by atomic mass is 10.2. The number of hydrogen-bond donors (Lipinski definition) is 2. The summed E-state index contributed by atoms with van der Waals surface area (Å²) in [5.74, 6) is 0.673. The van der Waals surface area contributed by atoms with Gasteiger partial charge in [-0.25, -0.2) is 4.98 Å². The summed E-state index contributed by atoms with van der Waals surface area (Å²) in [5.41, 5.74) is 3.01. The van der Waals surface area contributed by atoms with E-state index in [0.29, 0.717) is 11.4 Å². The lowest BCUT2D eigenvalue weighted by Gasteiger charge is -2.00. The molecule has 0 aliphatic rings. The molecule has 2 aromatic heterocycles. The van der Waals surface area contributed by atoms with Gasteiger partial charge in [-0.15, -0.1) is 11.3 Å². The van der Waals surface area contributed by atoms with Gasteiger partial charge in [-0.2, -0.15) is 0 Å². The van der Waals surface area contributed by atoms with Crippen LogP contribution in [-0.4, -0.2) is 15.9 Å². The third-order valence-corrected chi connectivity index (χ3v) is 4.88. The van der Waals surface area contributed by atoms with Crippen LogP contribution in [0.25, 0.3) is 21.5 Å². The number of aromatic amines is 1. The van der Waals surface area contributed by atoms with E-state index in [1.54, 1.807) is 0 Å². The molecule has 0 radical (unpaired) electrons. The first kappa shape index (κ1) is 14.7. The van der Waals surface area contributed by atoms with Gasteiger partial charge in [0.2, 0.25) is 0 Å². The molecule has 118 valence electrons. The van der Waals surface area contributed by atoms with Gasteiger partial charge in [-0.05, 0) is 29.8 Å². The number of carbonyl (C=O) groups excluding carboxylic acids is 1. The maximum absolute atomic E-state index is 12.3. The Labute approximate surface area is 143 Å². The normalized spacial score (nSPS) is 10.8. The van der Waals surface area contributed by atoms with E-state index in [2.05, 4.69) is 15.3 Å². The quantitative estimate of drug-likeness (QED) is 0.587. The van der Waals surface area contributed by atoms with Crippen molar-refractivity contribution in [2.24, 2.45) is 0 Å². The number of benzene rings is 2. The lowest BCUT2D eigenvalue weighted by molar-refractivity contribution is 0.0954. The Balaban J connectivity index is 1.45. The number of thiophene rings is 1. The molecule has 2 aromatic carbocycles. The van der Waals surface area contributed by atoms with E-state index >= 15 is 0 Å². The average molecular weight is 333 g/mol.